The summed E-state index contributed by atoms with van der Waals surface area (Å²) in [7, 11) is -3.95. The maximum absolute atomic E-state index is 13.2. The minimum Gasteiger partial charge on any atom is -0.337 e. The number of likely N-dealkylation sites (tertiary alicyclic amines) is 1. The summed E-state index contributed by atoms with van der Waals surface area (Å²) in [6.07, 6.45) is 3.91. The lowest BCUT2D eigenvalue weighted by molar-refractivity contribution is -0.123. The van der Waals surface area contributed by atoms with Crippen LogP contribution in [-0.4, -0.2) is 37.4 Å². The molecule has 7 heteroatoms. The molecule has 0 spiro atoms. The number of fused-ring (bicyclic) bond motifs is 1. The van der Waals surface area contributed by atoms with E-state index in [1.807, 2.05) is 30.3 Å². The Morgan fingerprint density at radius 3 is 2.25 bits per heavy atom. The number of hydrogen-bond acceptors (Lipinski definition) is 5. The Balaban J connectivity index is 1.74. The first-order chi connectivity index (χ1) is 13.6. The maximum Gasteiger partial charge on any atom is 0.286 e. The minimum atomic E-state index is -3.95. The van der Waals surface area contributed by atoms with Gasteiger partial charge in [0, 0.05) is 13.1 Å². The number of anilines is 1. The third-order valence-electron chi connectivity index (χ3n) is 5.15. The van der Waals surface area contributed by atoms with Crippen molar-refractivity contribution in [3.63, 3.8) is 0 Å². The van der Waals surface area contributed by atoms with Crippen molar-refractivity contribution < 1.29 is 13.2 Å². The first-order valence-corrected chi connectivity index (χ1v) is 11.1. The molecule has 0 atom stereocenters. The second-order valence-corrected chi connectivity index (χ2v) is 8.96. The third kappa shape index (κ3) is 3.54. The van der Waals surface area contributed by atoms with Crippen molar-refractivity contribution in [2.24, 2.45) is 5.10 Å². The highest BCUT2D eigenvalue weighted by molar-refractivity contribution is 8.08. The first kappa shape index (κ1) is 18.7. The highest BCUT2D eigenvalue weighted by Gasteiger charge is 2.39. The van der Waals surface area contributed by atoms with E-state index in [1.54, 1.807) is 34.2 Å². The van der Waals surface area contributed by atoms with Gasteiger partial charge in [0.1, 0.15) is 0 Å². The van der Waals surface area contributed by atoms with E-state index in [-0.39, 0.29) is 9.94 Å². The smallest absolute Gasteiger partial charge is 0.286 e. The molecule has 0 saturated carbocycles. The summed E-state index contributed by atoms with van der Waals surface area (Å²) >= 11 is 0. The van der Waals surface area contributed by atoms with E-state index in [0.717, 1.165) is 31.2 Å². The molecule has 2 heterocycles. The Bertz CT molecular complexity index is 995. The molecule has 0 aromatic heterocycles. The number of hydrogen-bond donors (Lipinski definition) is 0. The van der Waals surface area contributed by atoms with E-state index < -0.39 is 15.7 Å². The van der Waals surface area contributed by atoms with Crippen molar-refractivity contribution >= 4 is 26.5 Å². The molecule has 4 rings (SSSR count). The number of carbonyl (C=O) groups excluding carboxylic acids is 1. The summed E-state index contributed by atoms with van der Waals surface area (Å²) in [6, 6.07) is 16.4. The molecule has 0 aliphatic carbocycles. The normalized spacial score (nSPS) is 18.8. The molecule has 2 aromatic rings. The van der Waals surface area contributed by atoms with E-state index >= 15 is 0 Å². The third-order valence-corrected chi connectivity index (χ3v) is 6.84. The lowest BCUT2D eigenvalue weighted by Gasteiger charge is -2.29. The van der Waals surface area contributed by atoms with E-state index in [0.29, 0.717) is 25.3 Å². The Morgan fingerprint density at radius 2 is 1.54 bits per heavy atom. The van der Waals surface area contributed by atoms with Crippen LogP contribution >= 0.6 is 0 Å². The standard InChI is InChI=1S/C21H23N3O3S/c25-21(23-14-8-1-2-9-15-23)20-22-24(16-17-10-4-3-5-11-17)18-12-6-7-13-19(18)28(20,26)27/h3-7,10-13H,1-2,8-9,14-16H2. The molecular formula is C21H23N3O3S. The van der Waals surface area contributed by atoms with Crippen LogP contribution in [0.2, 0.25) is 0 Å². The van der Waals surface area contributed by atoms with E-state index in [9.17, 15) is 13.2 Å². The SMILES string of the molecule is O=C(C1=NN(Cc2ccccc2)c2ccccc2S1(=O)=O)N1CCCCCC1. The average Bonchev–Trinajstić information content (AvgIpc) is 3.00. The Hall–Kier alpha value is -2.67. The average molecular weight is 398 g/mol. The van der Waals surface area contributed by atoms with Gasteiger partial charge in [0.25, 0.3) is 5.91 Å². The second-order valence-electron chi connectivity index (χ2n) is 7.13. The monoisotopic (exact) mass is 397 g/mol. The molecular weight excluding hydrogens is 374 g/mol. The molecule has 6 nitrogen and oxygen atoms in total. The largest absolute Gasteiger partial charge is 0.337 e. The van der Waals surface area contributed by atoms with Crippen LogP contribution in [-0.2, 0) is 21.2 Å². The predicted molar refractivity (Wildman–Crippen MR) is 109 cm³/mol. The van der Waals surface area contributed by atoms with Gasteiger partial charge in [-0.05, 0) is 30.5 Å². The van der Waals surface area contributed by atoms with Crippen molar-refractivity contribution in [1.29, 1.82) is 0 Å². The van der Waals surface area contributed by atoms with Crippen LogP contribution in [0.15, 0.2) is 64.6 Å². The first-order valence-electron chi connectivity index (χ1n) is 9.61. The summed E-state index contributed by atoms with van der Waals surface area (Å²) in [5.74, 6) is -0.491. The lowest BCUT2D eigenvalue weighted by atomic mass is 10.2. The highest BCUT2D eigenvalue weighted by Crippen LogP contribution is 2.33. The molecule has 2 aliphatic rings. The minimum absolute atomic E-state index is 0.138. The summed E-state index contributed by atoms with van der Waals surface area (Å²) in [5.41, 5.74) is 1.49. The zero-order valence-electron chi connectivity index (χ0n) is 15.6. The summed E-state index contributed by atoms with van der Waals surface area (Å²) in [5, 5.41) is 5.60. The van der Waals surface area contributed by atoms with Crippen molar-refractivity contribution in [2.75, 3.05) is 18.1 Å². The number of amides is 1. The number of nitrogens with zero attached hydrogens (tertiary/aromatic N) is 3. The van der Waals surface area contributed by atoms with E-state index in [2.05, 4.69) is 5.10 Å². The summed E-state index contributed by atoms with van der Waals surface area (Å²) < 4.78 is 26.3. The van der Waals surface area contributed by atoms with Gasteiger partial charge in [0.15, 0.2) is 0 Å². The van der Waals surface area contributed by atoms with E-state index in [1.165, 1.54) is 0 Å². The van der Waals surface area contributed by atoms with E-state index in [4.69, 9.17) is 0 Å². The number of hydrazone groups is 1. The van der Waals surface area contributed by atoms with Crippen molar-refractivity contribution in [3.05, 3.63) is 60.2 Å². The number of benzene rings is 2. The number of carbonyl (C=O) groups is 1. The fourth-order valence-electron chi connectivity index (χ4n) is 3.66. The zero-order chi connectivity index (χ0) is 19.6. The number of sulfone groups is 1. The van der Waals surface area contributed by atoms with Gasteiger partial charge in [0.2, 0.25) is 14.9 Å². The molecule has 0 radical (unpaired) electrons. The van der Waals surface area contributed by atoms with Gasteiger partial charge in [-0.3, -0.25) is 9.80 Å². The predicted octanol–water partition coefficient (Wildman–Crippen LogP) is 3.20. The van der Waals surface area contributed by atoms with Gasteiger partial charge in [-0.1, -0.05) is 55.3 Å². The molecule has 0 bridgehead atoms. The van der Waals surface area contributed by atoms with Gasteiger partial charge in [-0.2, -0.15) is 5.10 Å². The molecule has 0 unspecified atom stereocenters. The number of rotatable bonds is 3. The Morgan fingerprint density at radius 1 is 0.893 bits per heavy atom. The molecule has 1 fully saturated rings. The molecule has 1 amide bonds. The maximum atomic E-state index is 13.2. The second kappa shape index (κ2) is 7.75. The quantitative estimate of drug-likeness (QED) is 0.798. The zero-order valence-corrected chi connectivity index (χ0v) is 16.4. The van der Waals surface area contributed by atoms with Crippen LogP contribution in [0.1, 0.15) is 31.2 Å². The Labute approximate surface area is 165 Å². The number of para-hydroxylation sites is 1. The summed E-state index contributed by atoms with van der Waals surface area (Å²) in [4.78, 5) is 14.9. The van der Waals surface area contributed by atoms with Crippen LogP contribution < -0.4 is 5.01 Å². The van der Waals surface area contributed by atoms with Crippen LogP contribution in [0.25, 0.3) is 0 Å². The molecule has 1 saturated heterocycles. The van der Waals surface area contributed by atoms with Crippen molar-refractivity contribution in [3.8, 4) is 0 Å². The van der Waals surface area contributed by atoms with Crippen LogP contribution in [0.5, 0.6) is 0 Å². The molecule has 146 valence electrons. The fourth-order valence-corrected chi connectivity index (χ4v) is 5.14. The van der Waals surface area contributed by atoms with Gasteiger partial charge in [0.05, 0.1) is 17.1 Å². The van der Waals surface area contributed by atoms with Crippen LogP contribution in [0.3, 0.4) is 0 Å². The van der Waals surface area contributed by atoms with Gasteiger partial charge < -0.3 is 4.90 Å². The van der Waals surface area contributed by atoms with Crippen molar-refractivity contribution in [2.45, 2.75) is 37.1 Å². The Kier molecular flexibility index (Phi) is 5.17. The van der Waals surface area contributed by atoms with Gasteiger partial charge in [-0.15, -0.1) is 0 Å². The molecule has 2 aromatic carbocycles. The van der Waals surface area contributed by atoms with Crippen LogP contribution in [0, 0.1) is 0 Å². The molecule has 2 aliphatic heterocycles. The van der Waals surface area contributed by atoms with Crippen LogP contribution in [0.4, 0.5) is 5.69 Å². The highest BCUT2D eigenvalue weighted by atomic mass is 32.2. The fraction of sp³-hybridized carbons (Fsp3) is 0.333. The topological polar surface area (TPSA) is 70.0 Å². The van der Waals surface area contributed by atoms with Crippen molar-refractivity contribution in [1.82, 2.24) is 4.90 Å². The summed E-state index contributed by atoms with van der Waals surface area (Å²) in [6.45, 7) is 1.55. The lowest BCUT2D eigenvalue weighted by Crippen LogP contribution is -2.43. The molecule has 28 heavy (non-hydrogen) atoms. The van der Waals surface area contributed by atoms with Gasteiger partial charge >= 0.3 is 0 Å². The van der Waals surface area contributed by atoms with Gasteiger partial charge in [-0.25, -0.2) is 8.42 Å². The molecule has 0 N–H and O–H groups in total.